The first-order valence-corrected chi connectivity index (χ1v) is 6.37. The van der Waals surface area contributed by atoms with Crippen molar-refractivity contribution < 1.29 is 0 Å². The van der Waals surface area contributed by atoms with Crippen LogP contribution in [0.1, 0.15) is 64.7 Å². The summed E-state index contributed by atoms with van der Waals surface area (Å²) >= 11 is 0. The van der Waals surface area contributed by atoms with Gasteiger partial charge in [0.15, 0.2) is 0 Å². The van der Waals surface area contributed by atoms with Crippen LogP contribution in [0, 0.1) is 11.3 Å². The fourth-order valence-electron chi connectivity index (χ4n) is 3.52. The molecule has 80 valence electrons. The van der Waals surface area contributed by atoms with E-state index in [1.165, 1.54) is 63.4 Å². The molecule has 2 rings (SSSR count). The molecule has 1 spiro atoms. The Labute approximate surface area is 88.8 Å². The highest BCUT2D eigenvalue weighted by Gasteiger charge is 2.35. The van der Waals surface area contributed by atoms with Gasteiger partial charge in [0.1, 0.15) is 0 Å². The van der Waals surface area contributed by atoms with Crippen molar-refractivity contribution in [1.82, 2.24) is 0 Å². The lowest BCUT2D eigenvalue weighted by Gasteiger charge is -2.43. The predicted molar refractivity (Wildman–Crippen MR) is 62.3 cm³/mol. The van der Waals surface area contributed by atoms with E-state index in [0.717, 1.165) is 11.3 Å². The van der Waals surface area contributed by atoms with Crippen LogP contribution < -0.4 is 0 Å². The molecule has 0 unspecified atom stereocenters. The quantitative estimate of drug-likeness (QED) is 0.528. The molecule has 2 aliphatic carbocycles. The third-order valence-electron chi connectivity index (χ3n) is 4.66. The number of hydrogen-bond acceptors (Lipinski definition) is 0. The molecule has 0 atom stereocenters. The SMILES string of the molecule is C=C(C)C1CCC2(CCCCC2)CC1. The summed E-state index contributed by atoms with van der Waals surface area (Å²) in [5.41, 5.74) is 2.21. The van der Waals surface area contributed by atoms with Crippen molar-refractivity contribution >= 4 is 0 Å². The van der Waals surface area contributed by atoms with E-state index in [4.69, 9.17) is 0 Å². The molecule has 0 radical (unpaired) electrons. The van der Waals surface area contributed by atoms with E-state index >= 15 is 0 Å². The Kier molecular flexibility index (Phi) is 2.99. The van der Waals surface area contributed by atoms with Crippen LogP contribution in [0.3, 0.4) is 0 Å². The summed E-state index contributed by atoms with van der Waals surface area (Å²) in [7, 11) is 0. The lowest BCUT2D eigenvalue weighted by Crippen LogP contribution is -2.29. The van der Waals surface area contributed by atoms with E-state index in [-0.39, 0.29) is 0 Å². The minimum atomic E-state index is 0.782. The van der Waals surface area contributed by atoms with Gasteiger partial charge in [-0.05, 0) is 56.8 Å². The minimum Gasteiger partial charge on any atom is -0.0999 e. The fourth-order valence-corrected chi connectivity index (χ4v) is 3.52. The van der Waals surface area contributed by atoms with Gasteiger partial charge in [0.2, 0.25) is 0 Å². The van der Waals surface area contributed by atoms with E-state index in [1.807, 2.05) is 0 Å². The highest BCUT2D eigenvalue weighted by Crippen LogP contribution is 2.49. The Hall–Kier alpha value is -0.260. The predicted octanol–water partition coefficient (Wildman–Crippen LogP) is 4.70. The number of allylic oxidation sites excluding steroid dienone is 1. The molecule has 0 saturated heterocycles. The lowest BCUT2D eigenvalue weighted by atomic mass is 9.62. The molecule has 0 heteroatoms. The molecule has 0 amide bonds. The second kappa shape index (κ2) is 4.08. The molecule has 0 aromatic rings. The van der Waals surface area contributed by atoms with Crippen LogP contribution in [0.15, 0.2) is 12.2 Å². The monoisotopic (exact) mass is 192 g/mol. The van der Waals surface area contributed by atoms with Crippen LogP contribution >= 0.6 is 0 Å². The standard InChI is InChI=1S/C14H24/c1-12(2)13-6-10-14(11-7-13)8-4-3-5-9-14/h13H,1,3-11H2,2H3. The van der Waals surface area contributed by atoms with Crippen LogP contribution in [0.2, 0.25) is 0 Å². The molecular formula is C14H24. The average molecular weight is 192 g/mol. The molecule has 0 aromatic carbocycles. The van der Waals surface area contributed by atoms with Crippen LogP contribution in [0.5, 0.6) is 0 Å². The Morgan fingerprint density at radius 1 is 1.00 bits per heavy atom. The Balaban J connectivity index is 1.90. The van der Waals surface area contributed by atoms with E-state index in [1.54, 1.807) is 0 Å². The van der Waals surface area contributed by atoms with Crippen molar-refractivity contribution in [2.24, 2.45) is 11.3 Å². The molecule has 0 bridgehead atoms. The lowest BCUT2D eigenvalue weighted by molar-refractivity contribution is 0.106. The van der Waals surface area contributed by atoms with Crippen LogP contribution in [-0.2, 0) is 0 Å². The smallest absolute Gasteiger partial charge is 0.0208 e. The molecule has 14 heavy (non-hydrogen) atoms. The molecule has 0 aliphatic heterocycles. The van der Waals surface area contributed by atoms with Gasteiger partial charge >= 0.3 is 0 Å². The summed E-state index contributed by atoms with van der Waals surface area (Å²) in [6.45, 7) is 6.32. The average Bonchev–Trinajstić information content (AvgIpc) is 2.19. The molecular weight excluding hydrogens is 168 g/mol. The van der Waals surface area contributed by atoms with Gasteiger partial charge in [-0.15, -0.1) is 0 Å². The molecule has 2 fully saturated rings. The number of rotatable bonds is 1. The summed E-state index contributed by atoms with van der Waals surface area (Å²) < 4.78 is 0. The highest BCUT2D eigenvalue weighted by atomic mass is 14.4. The van der Waals surface area contributed by atoms with Gasteiger partial charge in [-0.2, -0.15) is 0 Å². The second-order valence-electron chi connectivity index (χ2n) is 5.68. The molecule has 2 aliphatic rings. The van der Waals surface area contributed by atoms with Crippen molar-refractivity contribution in [2.75, 3.05) is 0 Å². The van der Waals surface area contributed by atoms with Crippen molar-refractivity contribution in [3.05, 3.63) is 12.2 Å². The van der Waals surface area contributed by atoms with Crippen molar-refractivity contribution in [3.63, 3.8) is 0 Å². The van der Waals surface area contributed by atoms with E-state index in [2.05, 4.69) is 13.5 Å². The van der Waals surface area contributed by atoms with E-state index < -0.39 is 0 Å². The summed E-state index contributed by atoms with van der Waals surface area (Å²) in [5.74, 6) is 0.850. The molecule has 0 nitrogen and oxygen atoms in total. The van der Waals surface area contributed by atoms with Crippen LogP contribution in [0.25, 0.3) is 0 Å². The first-order chi connectivity index (χ1) is 6.72. The van der Waals surface area contributed by atoms with Gasteiger partial charge in [0.05, 0.1) is 0 Å². The maximum Gasteiger partial charge on any atom is -0.0208 e. The van der Waals surface area contributed by atoms with Crippen LogP contribution in [0.4, 0.5) is 0 Å². The van der Waals surface area contributed by atoms with Crippen molar-refractivity contribution in [1.29, 1.82) is 0 Å². The molecule has 0 aromatic heterocycles. The minimum absolute atomic E-state index is 0.782. The van der Waals surface area contributed by atoms with Gasteiger partial charge in [-0.3, -0.25) is 0 Å². The zero-order valence-electron chi connectivity index (χ0n) is 9.65. The Morgan fingerprint density at radius 2 is 1.57 bits per heavy atom. The van der Waals surface area contributed by atoms with Gasteiger partial charge < -0.3 is 0 Å². The highest BCUT2D eigenvalue weighted by molar-refractivity contribution is 5.00. The van der Waals surface area contributed by atoms with E-state index in [0.29, 0.717) is 0 Å². The van der Waals surface area contributed by atoms with Crippen LogP contribution in [-0.4, -0.2) is 0 Å². The largest absolute Gasteiger partial charge is 0.0999 e. The normalized spacial score (nSPS) is 27.8. The third-order valence-corrected chi connectivity index (χ3v) is 4.66. The van der Waals surface area contributed by atoms with Gasteiger partial charge in [0, 0.05) is 0 Å². The second-order valence-corrected chi connectivity index (χ2v) is 5.68. The maximum absolute atomic E-state index is 4.11. The van der Waals surface area contributed by atoms with Gasteiger partial charge in [0.25, 0.3) is 0 Å². The fraction of sp³-hybridized carbons (Fsp3) is 0.857. The summed E-state index contributed by atoms with van der Waals surface area (Å²) in [6, 6.07) is 0. The maximum atomic E-state index is 4.11. The van der Waals surface area contributed by atoms with Crippen molar-refractivity contribution in [2.45, 2.75) is 64.7 Å². The molecule has 0 N–H and O–H groups in total. The van der Waals surface area contributed by atoms with Gasteiger partial charge in [-0.1, -0.05) is 31.4 Å². The van der Waals surface area contributed by atoms with E-state index in [9.17, 15) is 0 Å². The molecule has 2 saturated carbocycles. The number of hydrogen-bond donors (Lipinski definition) is 0. The Bertz CT molecular complexity index is 198. The summed E-state index contributed by atoms with van der Waals surface area (Å²) in [5, 5.41) is 0. The first kappa shape index (κ1) is 10.3. The zero-order valence-corrected chi connectivity index (χ0v) is 9.65. The van der Waals surface area contributed by atoms with Crippen molar-refractivity contribution in [3.8, 4) is 0 Å². The molecule has 0 heterocycles. The summed E-state index contributed by atoms with van der Waals surface area (Å²) in [6.07, 6.45) is 13.4. The first-order valence-electron chi connectivity index (χ1n) is 6.37. The summed E-state index contributed by atoms with van der Waals surface area (Å²) in [4.78, 5) is 0. The van der Waals surface area contributed by atoms with Gasteiger partial charge in [-0.25, -0.2) is 0 Å². The topological polar surface area (TPSA) is 0 Å². The zero-order chi connectivity index (χ0) is 10.0. The Morgan fingerprint density at radius 3 is 2.07 bits per heavy atom. The third kappa shape index (κ3) is 2.04.